The SMILES string of the molecule is C=C(C)C(=O)CCCCCC=O. The van der Waals surface area contributed by atoms with Gasteiger partial charge in [0.15, 0.2) is 5.78 Å². The number of allylic oxidation sites excluding steroid dienone is 1. The van der Waals surface area contributed by atoms with Crippen molar-refractivity contribution >= 4 is 12.1 Å². The fourth-order valence-electron chi connectivity index (χ4n) is 0.903. The van der Waals surface area contributed by atoms with E-state index in [4.69, 9.17) is 0 Å². The standard InChI is InChI=1S/C10H16O2/c1-9(2)10(12)7-5-3-4-6-8-11/h8H,1,3-7H2,2H3. The van der Waals surface area contributed by atoms with E-state index >= 15 is 0 Å². The molecule has 0 heterocycles. The molecule has 0 bridgehead atoms. The average Bonchev–Trinajstić information content (AvgIpc) is 2.03. The molecule has 0 saturated carbocycles. The van der Waals surface area contributed by atoms with Crippen LogP contribution >= 0.6 is 0 Å². The van der Waals surface area contributed by atoms with Crippen LogP contribution in [0.15, 0.2) is 12.2 Å². The van der Waals surface area contributed by atoms with Gasteiger partial charge in [0.2, 0.25) is 0 Å². The van der Waals surface area contributed by atoms with Crippen molar-refractivity contribution in [2.45, 2.75) is 39.0 Å². The highest BCUT2D eigenvalue weighted by Gasteiger charge is 2.00. The summed E-state index contributed by atoms with van der Waals surface area (Å²) >= 11 is 0. The van der Waals surface area contributed by atoms with Gasteiger partial charge >= 0.3 is 0 Å². The van der Waals surface area contributed by atoms with Crippen LogP contribution < -0.4 is 0 Å². The average molecular weight is 168 g/mol. The van der Waals surface area contributed by atoms with Gasteiger partial charge in [-0.1, -0.05) is 13.0 Å². The first-order chi connectivity index (χ1) is 5.68. The van der Waals surface area contributed by atoms with Crippen LogP contribution in [0.25, 0.3) is 0 Å². The minimum absolute atomic E-state index is 0.140. The van der Waals surface area contributed by atoms with E-state index in [1.807, 2.05) is 0 Å². The van der Waals surface area contributed by atoms with E-state index in [0.29, 0.717) is 18.4 Å². The van der Waals surface area contributed by atoms with Gasteiger partial charge in [0.25, 0.3) is 0 Å². The smallest absolute Gasteiger partial charge is 0.157 e. The summed E-state index contributed by atoms with van der Waals surface area (Å²) in [5.41, 5.74) is 0.630. The van der Waals surface area contributed by atoms with Gasteiger partial charge < -0.3 is 4.79 Å². The summed E-state index contributed by atoms with van der Waals surface area (Å²) in [6.45, 7) is 5.29. The molecule has 0 rings (SSSR count). The monoisotopic (exact) mass is 168 g/mol. The van der Waals surface area contributed by atoms with Crippen LogP contribution in [0.2, 0.25) is 0 Å². The summed E-state index contributed by atoms with van der Waals surface area (Å²) in [6, 6.07) is 0. The van der Waals surface area contributed by atoms with Gasteiger partial charge in [0.05, 0.1) is 0 Å². The highest BCUT2D eigenvalue weighted by atomic mass is 16.1. The first kappa shape index (κ1) is 11.1. The second-order valence-corrected chi connectivity index (χ2v) is 2.97. The quantitative estimate of drug-likeness (QED) is 0.332. The largest absolute Gasteiger partial charge is 0.303 e. The Bertz CT molecular complexity index is 171. The second-order valence-electron chi connectivity index (χ2n) is 2.97. The molecule has 0 aliphatic rings. The zero-order valence-corrected chi connectivity index (χ0v) is 7.64. The summed E-state index contributed by atoms with van der Waals surface area (Å²) in [6.07, 6.45) is 4.83. The third-order valence-electron chi connectivity index (χ3n) is 1.70. The first-order valence-electron chi connectivity index (χ1n) is 4.31. The predicted molar refractivity (Wildman–Crippen MR) is 49.0 cm³/mol. The molecule has 0 N–H and O–H groups in total. The lowest BCUT2D eigenvalue weighted by Crippen LogP contribution is -1.97. The Morgan fingerprint density at radius 1 is 1.33 bits per heavy atom. The Morgan fingerprint density at radius 3 is 2.50 bits per heavy atom. The lowest BCUT2D eigenvalue weighted by molar-refractivity contribution is -0.115. The molecule has 0 amide bonds. The molecular weight excluding hydrogens is 152 g/mol. The highest BCUT2D eigenvalue weighted by Crippen LogP contribution is 2.05. The lowest BCUT2D eigenvalue weighted by Gasteiger charge is -1.97. The number of hydrogen-bond acceptors (Lipinski definition) is 2. The second kappa shape index (κ2) is 6.77. The third-order valence-corrected chi connectivity index (χ3v) is 1.70. The van der Waals surface area contributed by atoms with Crippen molar-refractivity contribution in [3.63, 3.8) is 0 Å². The number of hydrogen-bond donors (Lipinski definition) is 0. The van der Waals surface area contributed by atoms with Crippen LogP contribution in [-0.2, 0) is 9.59 Å². The molecule has 0 unspecified atom stereocenters. The summed E-state index contributed by atoms with van der Waals surface area (Å²) in [5, 5.41) is 0. The highest BCUT2D eigenvalue weighted by molar-refractivity contribution is 5.93. The molecule has 0 aliphatic heterocycles. The first-order valence-corrected chi connectivity index (χ1v) is 4.31. The van der Waals surface area contributed by atoms with Crippen molar-refractivity contribution in [1.82, 2.24) is 0 Å². The van der Waals surface area contributed by atoms with E-state index in [9.17, 15) is 9.59 Å². The van der Waals surface area contributed by atoms with Gasteiger partial charge in [-0.15, -0.1) is 0 Å². The van der Waals surface area contributed by atoms with Gasteiger partial charge in [0.1, 0.15) is 6.29 Å². The van der Waals surface area contributed by atoms with Crippen molar-refractivity contribution in [1.29, 1.82) is 0 Å². The molecule has 0 aliphatic carbocycles. The van der Waals surface area contributed by atoms with E-state index < -0.39 is 0 Å². The maximum absolute atomic E-state index is 11.0. The van der Waals surface area contributed by atoms with Crippen LogP contribution in [0.3, 0.4) is 0 Å². The minimum atomic E-state index is 0.140. The van der Waals surface area contributed by atoms with Gasteiger partial charge in [0, 0.05) is 12.8 Å². The normalized spacial score (nSPS) is 9.42. The van der Waals surface area contributed by atoms with Crippen LogP contribution in [0, 0.1) is 0 Å². The predicted octanol–water partition coefficient (Wildman–Crippen LogP) is 2.28. The maximum atomic E-state index is 11.0. The molecule has 0 atom stereocenters. The number of ketones is 1. The van der Waals surface area contributed by atoms with Crippen LogP contribution in [0.5, 0.6) is 0 Å². The molecule has 0 saturated heterocycles. The molecule has 2 heteroatoms. The number of Topliss-reactive ketones (excluding diaryl/α,β-unsaturated/α-hetero) is 1. The summed E-state index contributed by atoms with van der Waals surface area (Å²) in [7, 11) is 0. The lowest BCUT2D eigenvalue weighted by atomic mass is 10.1. The minimum Gasteiger partial charge on any atom is -0.303 e. The number of rotatable bonds is 7. The summed E-state index contributed by atoms with van der Waals surface area (Å²) in [4.78, 5) is 20.9. The molecule has 68 valence electrons. The Hall–Kier alpha value is -0.920. The van der Waals surface area contributed by atoms with Crippen molar-refractivity contribution in [3.05, 3.63) is 12.2 Å². The number of carbonyl (C=O) groups is 2. The molecule has 0 aromatic carbocycles. The molecule has 12 heavy (non-hydrogen) atoms. The molecule has 2 nitrogen and oxygen atoms in total. The molecule has 0 spiro atoms. The van der Waals surface area contributed by atoms with Gasteiger partial charge in [-0.05, 0) is 25.3 Å². The van der Waals surface area contributed by atoms with Crippen LogP contribution in [0.1, 0.15) is 39.0 Å². The number of unbranched alkanes of at least 4 members (excludes halogenated alkanes) is 3. The Kier molecular flexibility index (Phi) is 6.25. The molecule has 0 aromatic heterocycles. The molecule has 0 fully saturated rings. The van der Waals surface area contributed by atoms with Crippen molar-refractivity contribution < 1.29 is 9.59 Å². The molecular formula is C10H16O2. The number of aldehydes is 1. The van der Waals surface area contributed by atoms with Crippen molar-refractivity contribution in [3.8, 4) is 0 Å². The third kappa shape index (κ3) is 5.83. The van der Waals surface area contributed by atoms with Gasteiger partial charge in [-0.3, -0.25) is 4.79 Å². The van der Waals surface area contributed by atoms with Gasteiger partial charge in [-0.25, -0.2) is 0 Å². The molecule has 0 aromatic rings. The van der Waals surface area contributed by atoms with Crippen LogP contribution in [0.4, 0.5) is 0 Å². The van der Waals surface area contributed by atoms with Gasteiger partial charge in [-0.2, -0.15) is 0 Å². The zero-order valence-electron chi connectivity index (χ0n) is 7.64. The fourth-order valence-corrected chi connectivity index (χ4v) is 0.903. The van der Waals surface area contributed by atoms with E-state index in [1.165, 1.54) is 0 Å². The topological polar surface area (TPSA) is 34.1 Å². The van der Waals surface area contributed by atoms with E-state index in [1.54, 1.807) is 6.92 Å². The molecule has 0 radical (unpaired) electrons. The summed E-state index contributed by atoms with van der Waals surface area (Å²) < 4.78 is 0. The summed E-state index contributed by atoms with van der Waals surface area (Å²) in [5.74, 6) is 0.140. The van der Waals surface area contributed by atoms with E-state index in [-0.39, 0.29) is 5.78 Å². The fraction of sp³-hybridized carbons (Fsp3) is 0.600. The Morgan fingerprint density at radius 2 is 2.00 bits per heavy atom. The Balaban J connectivity index is 3.25. The Labute approximate surface area is 73.7 Å². The van der Waals surface area contributed by atoms with E-state index in [0.717, 1.165) is 25.5 Å². The number of carbonyl (C=O) groups excluding carboxylic acids is 2. The van der Waals surface area contributed by atoms with E-state index in [2.05, 4.69) is 6.58 Å². The van der Waals surface area contributed by atoms with Crippen molar-refractivity contribution in [2.24, 2.45) is 0 Å². The van der Waals surface area contributed by atoms with Crippen molar-refractivity contribution in [2.75, 3.05) is 0 Å². The zero-order chi connectivity index (χ0) is 9.40. The maximum Gasteiger partial charge on any atom is 0.157 e. The van der Waals surface area contributed by atoms with Crippen LogP contribution in [-0.4, -0.2) is 12.1 Å².